The number of nitriles is 1. The average molecular weight is 499 g/mol. The monoisotopic (exact) mass is 498 g/mol. The molecule has 1 aliphatic carbocycles. The van der Waals surface area contributed by atoms with E-state index < -0.39 is 6.23 Å². The lowest BCUT2D eigenvalue weighted by atomic mass is 9.84. The maximum atomic E-state index is 15.4. The Bertz CT molecular complexity index is 1300. The van der Waals surface area contributed by atoms with Crippen LogP contribution in [0.15, 0.2) is 6.07 Å². The molecule has 0 radical (unpaired) electrons. The van der Waals surface area contributed by atoms with Crippen LogP contribution in [0, 0.1) is 24.1 Å². The number of hydrogen-bond acceptors (Lipinski definition) is 9. The van der Waals surface area contributed by atoms with Crippen molar-refractivity contribution in [1.29, 1.82) is 5.26 Å². The van der Waals surface area contributed by atoms with Crippen LogP contribution in [0.1, 0.15) is 52.1 Å². The van der Waals surface area contributed by atoms with Gasteiger partial charge in [0.05, 0.1) is 31.5 Å². The molecule has 5 N–H and O–H groups in total. The van der Waals surface area contributed by atoms with Gasteiger partial charge < -0.3 is 21.1 Å². The van der Waals surface area contributed by atoms with E-state index in [9.17, 15) is 10.4 Å². The summed E-state index contributed by atoms with van der Waals surface area (Å²) in [6.07, 6.45) is 3.07. The SMILES string of the molecule is Cc1nc2sc(C(O)N[C@@H]3CCc4c(C#N)c(N5CC6CCC(C5)N6)cc(F)c4C3)c(N)c2s1. The molecular weight excluding hydrogens is 471 g/mol. The number of aliphatic hydroxyl groups excluding tert-OH is 1. The molecule has 2 bridgehead atoms. The molecule has 2 aliphatic heterocycles. The lowest BCUT2D eigenvalue weighted by Gasteiger charge is -2.36. The zero-order valence-corrected chi connectivity index (χ0v) is 20.5. The van der Waals surface area contributed by atoms with Crippen molar-refractivity contribution in [1.82, 2.24) is 15.6 Å². The predicted molar refractivity (Wildman–Crippen MR) is 134 cm³/mol. The number of aromatic nitrogens is 1. The van der Waals surface area contributed by atoms with Crippen molar-refractivity contribution in [2.45, 2.75) is 63.4 Å². The minimum atomic E-state index is -0.938. The number of benzene rings is 1. The van der Waals surface area contributed by atoms with Gasteiger partial charge in [0.2, 0.25) is 0 Å². The molecule has 1 aromatic carbocycles. The van der Waals surface area contributed by atoms with Crippen LogP contribution in [0.25, 0.3) is 9.53 Å². The lowest BCUT2D eigenvalue weighted by molar-refractivity contribution is 0.123. The summed E-state index contributed by atoms with van der Waals surface area (Å²) in [6, 6.07) is 4.66. The summed E-state index contributed by atoms with van der Waals surface area (Å²) in [4.78, 5) is 8.16. The number of aryl methyl sites for hydroxylation is 1. The molecule has 178 valence electrons. The fraction of sp³-hybridized carbons (Fsp3) is 0.500. The summed E-state index contributed by atoms with van der Waals surface area (Å²) in [5.74, 6) is -0.258. The predicted octanol–water partition coefficient (Wildman–Crippen LogP) is 3.34. The van der Waals surface area contributed by atoms with Crippen LogP contribution in [-0.4, -0.2) is 41.3 Å². The molecular formula is C24H27FN6OS2. The largest absolute Gasteiger partial charge is 0.396 e. The first-order chi connectivity index (χ1) is 16.4. The van der Waals surface area contributed by atoms with Crippen molar-refractivity contribution in [3.05, 3.63) is 38.5 Å². The van der Waals surface area contributed by atoms with E-state index in [0.29, 0.717) is 53.0 Å². The summed E-state index contributed by atoms with van der Waals surface area (Å²) in [5.41, 5.74) is 9.61. The van der Waals surface area contributed by atoms with Crippen LogP contribution < -0.4 is 21.3 Å². The Labute approximate surface area is 205 Å². The number of piperazine rings is 1. The van der Waals surface area contributed by atoms with Gasteiger partial charge in [-0.25, -0.2) is 9.37 Å². The summed E-state index contributed by atoms with van der Waals surface area (Å²) in [5, 5.41) is 28.7. The lowest BCUT2D eigenvalue weighted by Crippen LogP contribution is -2.51. The maximum Gasteiger partial charge on any atom is 0.142 e. The topological polar surface area (TPSA) is 110 Å². The highest BCUT2D eigenvalue weighted by Gasteiger charge is 2.35. The smallest absolute Gasteiger partial charge is 0.142 e. The van der Waals surface area contributed by atoms with Crippen LogP contribution >= 0.6 is 22.7 Å². The molecule has 7 nitrogen and oxygen atoms in total. The molecule has 4 heterocycles. The fourth-order valence-corrected chi connectivity index (χ4v) is 7.97. The highest BCUT2D eigenvalue weighted by atomic mass is 32.1. The normalized spacial score (nSPS) is 24.9. The molecule has 4 atom stereocenters. The van der Waals surface area contributed by atoms with Crippen molar-refractivity contribution in [2.75, 3.05) is 23.7 Å². The number of nitrogens with two attached hydrogens (primary N) is 1. The van der Waals surface area contributed by atoms with Crippen molar-refractivity contribution >= 4 is 43.6 Å². The minimum absolute atomic E-state index is 0.112. The van der Waals surface area contributed by atoms with E-state index in [-0.39, 0.29) is 11.9 Å². The number of fused-ring (bicyclic) bond motifs is 4. The van der Waals surface area contributed by atoms with Crippen LogP contribution in [0.3, 0.4) is 0 Å². The van der Waals surface area contributed by atoms with Gasteiger partial charge in [0, 0.05) is 31.2 Å². The Balaban J connectivity index is 1.23. The maximum absolute atomic E-state index is 15.4. The molecule has 2 saturated heterocycles. The number of aliphatic hydroxyl groups is 1. The molecule has 34 heavy (non-hydrogen) atoms. The third-order valence-corrected chi connectivity index (χ3v) is 9.68. The molecule has 2 fully saturated rings. The molecule has 10 heteroatoms. The Kier molecular flexibility index (Phi) is 5.50. The molecule has 0 saturated carbocycles. The molecule has 2 aromatic heterocycles. The van der Waals surface area contributed by atoms with E-state index >= 15 is 4.39 Å². The Hall–Kier alpha value is -2.29. The van der Waals surface area contributed by atoms with Gasteiger partial charge in [-0.1, -0.05) is 0 Å². The van der Waals surface area contributed by atoms with Gasteiger partial charge in [0.25, 0.3) is 0 Å². The van der Waals surface area contributed by atoms with Gasteiger partial charge in [0.1, 0.15) is 22.9 Å². The van der Waals surface area contributed by atoms with E-state index in [0.717, 1.165) is 51.7 Å². The first-order valence-electron chi connectivity index (χ1n) is 11.8. The number of nitrogen functional groups attached to an aromatic ring is 1. The summed E-state index contributed by atoms with van der Waals surface area (Å²) in [7, 11) is 0. The van der Waals surface area contributed by atoms with Gasteiger partial charge >= 0.3 is 0 Å². The molecule has 0 spiro atoms. The standard InChI is InChI=1S/C24H27FN6OS2/c1-11-28-24-22(33-11)20(27)21(34-24)23(32)30-12-4-5-15-16(6-12)18(25)7-19(17(15)8-26)31-9-13-2-3-14(10-31)29-13/h7,12-14,23,29-30,32H,2-6,9-10,27H2,1H3/t12-,13?,14?,23?/m1/s1. The van der Waals surface area contributed by atoms with Gasteiger partial charge in [-0.05, 0) is 56.2 Å². The fourth-order valence-electron chi connectivity index (χ4n) is 5.82. The molecule has 0 amide bonds. The van der Waals surface area contributed by atoms with Crippen LogP contribution in [0.5, 0.6) is 0 Å². The number of thiazole rings is 1. The third-order valence-electron chi connectivity index (χ3n) is 7.40. The van der Waals surface area contributed by atoms with Gasteiger partial charge in [-0.3, -0.25) is 5.32 Å². The summed E-state index contributed by atoms with van der Waals surface area (Å²) in [6.45, 7) is 3.56. The number of halogens is 1. The van der Waals surface area contributed by atoms with E-state index in [1.54, 1.807) is 6.07 Å². The number of thiophene rings is 1. The number of hydrogen-bond donors (Lipinski definition) is 4. The zero-order chi connectivity index (χ0) is 23.6. The second-order valence-electron chi connectivity index (χ2n) is 9.62. The van der Waals surface area contributed by atoms with Crippen molar-refractivity contribution in [3.8, 4) is 6.07 Å². The Morgan fingerprint density at radius 2 is 2.06 bits per heavy atom. The van der Waals surface area contributed by atoms with Crippen molar-refractivity contribution in [2.24, 2.45) is 0 Å². The number of nitrogens with zero attached hydrogens (tertiary/aromatic N) is 3. The summed E-state index contributed by atoms with van der Waals surface area (Å²) < 4.78 is 16.3. The van der Waals surface area contributed by atoms with E-state index in [4.69, 9.17) is 5.73 Å². The third kappa shape index (κ3) is 3.67. The molecule has 3 aromatic rings. The number of rotatable bonds is 4. The minimum Gasteiger partial charge on any atom is -0.396 e. The quantitative estimate of drug-likeness (QED) is 0.409. The van der Waals surface area contributed by atoms with Crippen molar-refractivity contribution in [3.63, 3.8) is 0 Å². The molecule has 3 aliphatic rings. The van der Waals surface area contributed by atoms with Crippen LogP contribution in [0.2, 0.25) is 0 Å². The number of anilines is 2. The van der Waals surface area contributed by atoms with E-state index in [1.807, 2.05) is 6.92 Å². The highest BCUT2D eigenvalue weighted by Crippen LogP contribution is 2.41. The van der Waals surface area contributed by atoms with Crippen LogP contribution in [-0.2, 0) is 12.8 Å². The second-order valence-corrected chi connectivity index (χ2v) is 11.9. The van der Waals surface area contributed by atoms with Crippen LogP contribution in [0.4, 0.5) is 15.8 Å². The van der Waals surface area contributed by atoms with Gasteiger partial charge in [-0.2, -0.15) is 5.26 Å². The first kappa shape index (κ1) is 22.2. The Morgan fingerprint density at radius 3 is 2.76 bits per heavy atom. The molecule has 3 unspecified atom stereocenters. The van der Waals surface area contributed by atoms with Crippen molar-refractivity contribution < 1.29 is 9.50 Å². The summed E-state index contributed by atoms with van der Waals surface area (Å²) >= 11 is 2.92. The average Bonchev–Trinajstić information content (AvgIpc) is 3.46. The van der Waals surface area contributed by atoms with E-state index in [2.05, 4.69) is 26.6 Å². The Morgan fingerprint density at radius 1 is 1.29 bits per heavy atom. The van der Waals surface area contributed by atoms with Gasteiger partial charge in [0.15, 0.2) is 0 Å². The second kappa shape index (κ2) is 8.43. The van der Waals surface area contributed by atoms with Gasteiger partial charge in [-0.15, -0.1) is 22.7 Å². The van der Waals surface area contributed by atoms with E-state index in [1.165, 1.54) is 22.7 Å². The first-order valence-corrected chi connectivity index (χ1v) is 13.4. The zero-order valence-electron chi connectivity index (χ0n) is 18.9. The highest BCUT2D eigenvalue weighted by molar-refractivity contribution is 7.28. The number of nitrogens with one attached hydrogen (secondary N) is 2. The molecule has 6 rings (SSSR count).